The maximum atomic E-state index is 11.8. The van der Waals surface area contributed by atoms with Crippen LogP contribution in [-0.4, -0.2) is 5.91 Å². The van der Waals surface area contributed by atoms with Gasteiger partial charge < -0.3 is 5.32 Å². The standard InChI is InChI=1S/C17H17NO.C2H6/c1-13-6-9-16(10-7-13)18-17(19)11-8-15-5-3-4-14(2)12-15;1-2/h3-12H,1-2H3,(H,18,19);1-2H3/b11-8+;. The largest absolute Gasteiger partial charge is 0.323 e. The fourth-order valence-electron chi connectivity index (χ4n) is 1.77. The molecule has 0 atom stereocenters. The molecule has 110 valence electrons. The van der Waals surface area contributed by atoms with Crippen molar-refractivity contribution in [2.24, 2.45) is 0 Å². The van der Waals surface area contributed by atoms with Crippen LogP contribution in [0.3, 0.4) is 0 Å². The van der Waals surface area contributed by atoms with E-state index in [-0.39, 0.29) is 5.91 Å². The van der Waals surface area contributed by atoms with Gasteiger partial charge in [0.15, 0.2) is 0 Å². The molecule has 0 aromatic heterocycles. The van der Waals surface area contributed by atoms with Crippen molar-refractivity contribution < 1.29 is 4.79 Å². The summed E-state index contributed by atoms with van der Waals surface area (Å²) in [5.74, 6) is -0.120. The van der Waals surface area contributed by atoms with E-state index >= 15 is 0 Å². The first kappa shape index (κ1) is 16.7. The number of anilines is 1. The zero-order valence-corrected chi connectivity index (χ0v) is 13.2. The fourth-order valence-corrected chi connectivity index (χ4v) is 1.77. The Morgan fingerprint density at radius 2 is 1.62 bits per heavy atom. The van der Waals surface area contributed by atoms with Crippen LogP contribution in [0.15, 0.2) is 54.6 Å². The third-order valence-corrected chi connectivity index (χ3v) is 2.79. The van der Waals surface area contributed by atoms with Gasteiger partial charge in [-0.1, -0.05) is 61.4 Å². The Balaban J connectivity index is 0.00000106. The molecule has 21 heavy (non-hydrogen) atoms. The van der Waals surface area contributed by atoms with Gasteiger partial charge in [-0.25, -0.2) is 0 Å². The molecule has 0 aliphatic rings. The second-order valence-electron chi connectivity index (χ2n) is 4.60. The molecular formula is C19H23NO. The molecule has 0 saturated heterocycles. The van der Waals surface area contributed by atoms with Crippen molar-refractivity contribution in [3.8, 4) is 0 Å². The molecule has 2 heteroatoms. The molecule has 0 aliphatic heterocycles. The number of benzene rings is 2. The lowest BCUT2D eigenvalue weighted by Crippen LogP contribution is -2.07. The van der Waals surface area contributed by atoms with Crippen molar-refractivity contribution in [1.82, 2.24) is 0 Å². The molecule has 1 N–H and O–H groups in total. The Morgan fingerprint density at radius 3 is 2.24 bits per heavy atom. The summed E-state index contributed by atoms with van der Waals surface area (Å²) >= 11 is 0. The minimum Gasteiger partial charge on any atom is -0.323 e. The third-order valence-electron chi connectivity index (χ3n) is 2.79. The van der Waals surface area contributed by atoms with E-state index in [1.165, 1.54) is 11.1 Å². The van der Waals surface area contributed by atoms with Gasteiger partial charge in [0.05, 0.1) is 0 Å². The van der Waals surface area contributed by atoms with Gasteiger partial charge in [-0.2, -0.15) is 0 Å². The van der Waals surface area contributed by atoms with Crippen LogP contribution >= 0.6 is 0 Å². The summed E-state index contributed by atoms with van der Waals surface area (Å²) in [5.41, 5.74) is 4.19. The molecule has 2 rings (SSSR count). The van der Waals surface area contributed by atoms with Crippen LogP contribution in [0.1, 0.15) is 30.5 Å². The van der Waals surface area contributed by atoms with E-state index in [9.17, 15) is 4.79 Å². The first-order valence-electron chi connectivity index (χ1n) is 7.26. The van der Waals surface area contributed by atoms with Crippen LogP contribution < -0.4 is 5.32 Å². The van der Waals surface area contributed by atoms with Crippen LogP contribution in [0.2, 0.25) is 0 Å². The van der Waals surface area contributed by atoms with Crippen molar-refractivity contribution >= 4 is 17.7 Å². The van der Waals surface area contributed by atoms with Gasteiger partial charge in [-0.15, -0.1) is 0 Å². The number of hydrogen-bond donors (Lipinski definition) is 1. The third kappa shape index (κ3) is 6.09. The van der Waals surface area contributed by atoms with E-state index in [2.05, 4.69) is 5.32 Å². The lowest BCUT2D eigenvalue weighted by atomic mass is 10.1. The van der Waals surface area contributed by atoms with Gasteiger partial charge in [-0.3, -0.25) is 4.79 Å². The Labute approximate surface area is 127 Å². The average molecular weight is 281 g/mol. The highest BCUT2D eigenvalue weighted by molar-refractivity contribution is 6.01. The molecule has 1 amide bonds. The summed E-state index contributed by atoms with van der Waals surface area (Å²) in [6.45, 7) is 8.05. The van der Waals surface area contributed by atoms with E-state index in [1.54, 1.807) is 6.08 Å². The lowest BCUT2D eigenvalue weighted by molar-refractivity contribution is -0.111. The van der Waals surface area contributed by atoms with E-state index in [0.717, 1.165) is 11.3 Å². The number of hydrogen-bond acceptors (Lipinski definition) is 1. The summed E-state index contributed by atoms with van der Waals surface area (Å²) in [7, 11) is 0. The number of nitrogens with one attached hydrogen (secondary N) is 1. The smallest absolute Gasteiger partial charge is 0.248 e. The molecule has 0 radical (unpaired) electrons. The predicted molar refractivity (Wildman–Crippen MR) is 91.4 cm³/mol. The topological polar surface area (TPSA) is 29.1 Å². The number of rotatable bonds is 3. The van der Waals surface area contributed by atoms with Crippen LogP contribution in [0, 0.1) is 13.8 Å². The normalized spacial score (nSPS) is 9.90. The van der Waals surface area contributed by atoms with Gasteiger partial charge in [0.2, 0.25) is 5.91 Å². The maximum absolute atomic E-state index is 11.8. The zero-order chi connectivity index (χ0) is 15.7. The van der Waals surface area contributed by atoms with Gasteiger partial charge in [-0.05, 0) is 37.6 Å². The van der Waals surface area contributed by atoms with Crippen molar-refractivity contribution in [3.63, 3.8) is 0 Å². The highest BCUT2D eigenvalue weighted by Crippen LogP contribution is 2.09. The second kappa shape index (κ2) is 8.75. The summed E-state index contributed by atoms with van der Waals surface area (Å²) < 4.78 is 0. The van der Waals surface area contributed by atoms with E-state index in [1.807, 2.05) is 82.3 Å². The van der Waals surface area contributed by atoms with E-state index in [0.29, 0.717) is 0 Å². The zero-order valence-electron chi connectivity index (χ0n) is 13.2. The Hall–Kier alpha value is -2.35. The average Bonchev–Trinajstić information content (AvgIpc) is 2.50. The van der Waals surface area contributed by atoms with Crippen molar-refractivity contribution in [3.05, 3.63) is 71.3 Å². The Bertz CT molecular complexity index is 597. The summed E-state index contributed by atoms with van der Waals surface area (Å²) in [6.07, 6.45) is 3.37. The predicted octanol–water partition coefficient (Wildman–Crippen LogP) is 4.98. The molecule has 0 heterocycles. The molecule has 0 aliphatic carbocycles. The van der Waals surface area contributed by atoms with E-state index in [4.69, 9.17) is 0 Å². The number of aryl methyl sites for hydroxylation is 2. The quantitative estimate of drug-likeness (QED) is 0.790. The molecule has 0 bridgehead atoms. The molecule has 0 unspecified atom stereocenters. The number of carbonyl (C=O) groups is 1. The monoisotopic (exact) mass is 281 g/mol. The number of amides is 1. The lowest BCUT2D eigenvalue weighted by Gasteiger charge is -2.02. The highest BCUT2D eigenvalue weighted by Gasteiger charge is 1.97. The minimum absolute atomic E-state index is 0.120. The van der Waals surface area contributed by atoms with Crippen molar-refractivity contribution in [2.75, 3.05) is 5.32 Å². The van der Waals surface area contributed by atoms with Gasteiger partial charge >= 0.3 is 0 Å². The van der Waals surface area contributed by atoms with Crippen LogP contribution in [0.5, 0.6) is 0 Å². The van der Waals surface area contributed by atoms with Gasteiger partial charge in [0, 0.05) is 11.8 Å². The summed E-state index contributed by atoms with van der Waals surface area (Å²) in [5, 5.41) is 2.83. The van der Waals surface area contributed by atoms with Crippen LogP contribution in [0.25, 0.3) is 6.08 Å². The molecule has 2 aromatic rings. The maximum Gasteiger partial charge on any atom is 0.248 e. The van der Waals surface area contributed by atoms with Crippen LogP contribution in [-0.2, 0) is 4.79 Å². The SMILES string of the molecule is CC.Cc1ccc(NC(=O)/C=C/c2cccc(C)c2)cc1. The Kier molecular flexibility index (Phi) is 6.96. The molecular weight excluding hydrogens is 258 g/mol. The summed E-state index contributed by atoms with van der Waals surface area (Å²) in [4.78, 5) is 11.8. The molecule has 2 aromatic carbocycles. The molecule has 0 saturated carbocycles. The molecule has 2 nitrogen and oxygen atoms in total. The highest BCUT2D eigenvalue weighted by atomic mass is 16.1. The summed E-state index contributed by atoms with van der Waals surface area (Å²) in [6, 6.07) is 15.8. The minimum atomic E-state index is -0.120. The second-order valence-corrected chi connectivity index (χ2v) is 4.60. The van der Waals surface area contributed by atoms with Crippen molar-refractivity contribution in [1.29, 1.82) is 0 Å². The van der Waals surface area contributed by atoms with Crippen LogP contribution in [0.4, 0.5) is 5.69 Å². The first-order chi connectivity index (χ1) is 10.1. The molecule has 0 fully saturated rings. The Morgan fingerprint density at radius 1 is 0.952 bits per heavy atom. The first-order valence-corrected chi connectivity index (χ1v) is 7.26. The van der Waals surface area contributed by atoms with Gasteiger partial charge in [0.25, 0.3) is 0 Å². The fraction of sp³-hybridized carbons (Fsp3) is 0.211. The number of carbonyl (C=O) groups excluding carboxylic acids is 1. The van der Waals surface area contributed by atoms with Crippen molar-refractivity contribution in [2.45, 2.75) is 27.7 Å². The van der Waals surface area contributed by atoms with E-state index < -0.39 is 0 Å². The molecule has 0 spiro atoms. The van der Waals surface area contributed by atoms with Gasteiger partial charge in [0.1, 0.15) is 0 Å².